The molecule has 0 atom stereocenters. The van der Waals surface area contributed by atoms with E-state index in [-0.39, 0.29) is 36.6 Å². The summed E-state index contributed by atoms with van der Waals surface area (Å²) >= 11 is 0. The van der Waals surface area contributed by atoms with Crippen LogP contribution in [0, 0.1) is 6.92 Å². The SMILES string of the molecule is Cc1c(N2CCN(Cc3ccccc3OC(F)F)C2=O)cccc1C(F)(F)F. The van der Waals surface area contributed by atoms with E-state index in [0.29, 0.717) is 5.56 Å². The van der Waals surface area contributed by atoms with Gasteiger partial charge in [0.15, 0.2) is 0 Å². The summed E-state index contributed by atoms with van der Waals surface area (Å²) < 4.78 is 69.0. The molecule has 1 fully saturated rings. The zero-order valence-corrected chi connectivity index (χ0v) is 14.8. The van der Waals surface area contributed by atoms with Crippen molar-refractivity contribution in [2.75, 3.05) is 18.0 Å². The van der Waals surface area contributed by atoms with Crippen LogP contribution in [0.5, 0.6) is 5.75 Å². The quantitative estimate of drug-likeness (QED) is 0.658. The van der Waals surface area contributed by atoms with E-state index in [1.165, 1.54) is 41.0 Å². The van der Waals surface area contributed by atoms with Crippen molar-refractivity contribution in [1.29, 1.82) is 0 Å². The molecule has 1 aliphatic rings. The number of nitrogens with zero attached hydrogens (tertiary/aromatic N) is 2. The number of alkyl halides is 5. The van der Waals surface area contributed by atoms with E-state index < -0.39 is 24.4 Å². The molecule has 0 spiro atoms. The smallest absolute Gasteiger partial charge is 0.416 e. The topological polar surface area (TPSA) is 32.8 Å². The highest BCUT2D eigenvalue weighted by atomic mass is 19.4. The Morgan fingerprint density at radius 1 is 1.07 bits per heavy atom. The largest absolute Gasteiger partial charge is 0.434 e. The van der Waals surface area contributed by atoms with Crippen LogP contribution in [0.1, 0.15) is 16.7 Å². The molecule has 1 saturated heterocycles. The molecule has 0 radical (unpaired) electrons. The van der Waals surface area contributed by atoms with Crippen molar-refractivity contribution < 1.29 is 31.5 Å². The van der Waals surface area contributed by atoms with Crippen molar-refractivity contribution in [3.63, 3.8) is 0 Å². The highest BCUT2D eigenvalue weighted by Gasteiger charge is 2.36. The summed E-state index contributed by atoms with van der Waals surface area (Å²) in [6.45, 7) is -1.23. The number of urea groups is 1. The first kappa shape index (κ1) is 19.9. The molecule has 0 unspecified atom stereocenters. The summed E-state index contributed by atoms with van der Waals surface area (Å²) in [5.41, 5.74) is -0.267. The van der Waals surface area contributed by atoms with Gasteiger partial charge in [0.05, 0.1) is 12.1 Å². The third kappa shape index (κ3) is 4.02. The number of hydrogen-bond donors (Lipinski definition) is 0. The van der Waals surface area contributed by atoms with Crippen molar-refractivity contribution in [2.45, 2.75) is 26.3 Å². The van der Waals surface area contributed by atoms with Gasteiger partial charge in [-0.05, 0) is 30.7 Å². The summed E-state index contributed by atoms with van der Waals surface area (Å²) in [7, 11) is 0. The highest BCUT2D eigenvalue weighted by molar-refractivity contribution is 5.95. The molecule has 0 aliphatic carbocycles. The maximum Gasteiger partial charge on any atom is 0.416 e. The van der Waals surface area contributed by atoms with Gasteiger partial charge in [-0.15, -0.1) is 0 Å². The Bertz CT molecular complexity index is 870. The summed E-state index contributed by atoms with van der Waals surface area (Å²) in [5, 5.41) is 0. The first-order chi connectivity index (χ1) is 13.2. The number of halogens is 5. The molecule has 2 aromatic rings. The van der Waals surface area contributed by atoms with E-state index in [4.69, 9.17) is 0 Å². The van der Waals surface area contributed by atoms with E-state index in [2.05, 4.69) is 4.74 Å². The van der Waals surface area contributed by atoms with Crippen molar-refractivity contribution in [3.8, 4) is 5.75 Å². The molecule has 1 heterocycles. The van der Waals surface area contributed by atoms with Gasteiger partial charge in [0, 0.05) is 24.3 Å². The average Bonchev–Trinajstić information content (AvgIpc) is 2.96. The zero-order chi connectivity index (χ0) is 20.5. The Morgan fingerprint density at radius 2 is 1.79 bits per heavy atom. The van der Waals surface area contributed by atoms with Crippen molar-refractivity contribution in [3.05, 3.63) is 59.2 Å². The Labute approximate surface area is 158 Å². The molecule has 150 valence electrons. The minimum Gasteiger partial charge on any atom is -0.434 e. The first-order valence-corrected chi connectivity index (χ1v) is 8.44. The lowest BCUT2D eigenvalue weighted by Crippen LogP contribution is -2.32. The monoisotopic (exact) mass is 400 g/mol. The van der Waals surface area contributed by atoms with Gasteiger partial charge < -0.3 is 9.64 Å². The molecule has 0 saturated carbocycles. The molecule has 28 heavy (non-hydrogen) atoms. The molecule has 9 heteroatoms. The molecule has 0 N–H and O–H groups in total. The molecular weight excluding hydrogens is 383 g/mol. The maximum atomic E-state index is 13.1. The fourth-order valence-corrected chi connectivity index (χ4v) is 3.23. The number of carbonyl (C=O) groups excluding carboxylic acids is 1. The van der Waals surface area contributed by atoms with E-state index in [0.717, 1.165) is 6.07 Å². The normalized spacial score (nSPS) is 14.9. The number of rotatable bonds is 5. The lowest BCUT2D eigenvalue weighted by atomic mass is 10.1. The Hall–Kier alpha value is -2.84. The number of carbonyl (C=O) groups is 1. The Morgan fingerprint density at radius 3 is 2.46 bits per heavy atom. The maximum absolute atomic E-state index is 13.1. The number of ether oxygens (including phenoxy) is 1. The van der Waals surface area contributed by atoms with Gasteiger partial charge >= 0.3 is 18.8 Å². The molecule has 4 nitrogen and oxygen atoms in total. The molecular formula is C19H17F5N2O2. The second-order valence-corrected chi connectivity index (χ2v) is 6.29. The van der Waals surface area contributed by atoms with Crippen LogP contribution in [0.3, 0.4) is 0 Å². The number of amides is 2. The van der Waals surface area contributed by atoms with Crippen LogP contribution in [0.4, 0.5) is 32.4 Å². The highest BCUT2D eigenvalue weighted by Crippen LogP contribution is 2.37. The fourth-order valence-electron chi connectivity index (χ4n) is 3.23. The van der Waals surface area contributed by atoms with E-state index in [1.54, 1.807) is 12.1 Å². The van der Waals surface area contributed by atoms with Gasteiger partial charge in [-0.3, -0.25) is 4.90 Å². The molecule has 0 bridgehead atoms. The number of anilines is 1. The van der Waals surface area contributed by atoms with Crippen LogP contribution in [-0.2, 0) is 12.7 Å². The summed E-state index contributed by atoms with van der Waals surface area (Å²) in [6.07, 6.45) is -4.52. The van der Waals surface area contributed by atoms with Crippen molar-refractivity contribution >= 4 is 11.7 Å². The second kappa shape index (κ2) is 7.65. The Kier molecular flexibility index (Phi) is 5.44. The van der Waals surface area contributed by atoms with Crippen molar-refractivity contribution in [2.24, 2.45) is 0 Å². The minimum absolute atomic E-state index is 0.0102. The van der Waals surface area contributed by atoms with E-state index >= 15 is 0 Å². The van der Waals surface area contributed by atoms with Gasteiger partial charge in [0.25, 0.3) is 0 Å². The number of benzene rings is 2. The third-order valence-corrected chi connectivity index (χ3v) is 4.55. The van der Waals surface area contributed by atoms with Crippen LogP contribution in [0.25, 0.3) is 0 Å². The van der Waals surface area contributed by atoms with Crippen LogP contribution >= 0.6 is 0 Å². The van der Waals surface area contributed by atoms with Crippen LogP contribution in [0.15, 0.2) is 42.5 Å². The van der Waals surface area contributed by atoms with E-state index in [1.807, 2.05) is 0 Å². The second-order valence-electron chi connectivity index (χ2n) is 6.29. The van der Waals surface area contributed by atoms with Crippen LogP contribution < -0.4 is 9.64 Å². The fraction of sp³-hybridized carbons (Fsp3) is 0.316. The number of hydrogen-bond acceptors (Lipinski definition) is 2. The minimum atomic E-state index is -4.52. The van der Waals surface area contributed by atoms with Gasteiger partial charge in [-0.1, -0.05) is 24.3 Å². The standard InChI is InChI=1S/C19H17F5N2O2/c1-12-14(19(22,23)24)6-4-7-15(12)26-10-9-25(18(26)27)11-13-5-2-3-8-16(13)28-17(20)21/h2-8,17H,9-11H2,1H3. The van der Waals surface area contributed by atoms with Gasteiger partial charge in [-0.2, -0.15) is 22.0 Å². The number of para-hydroxylation sites is 1. The summed E-state index contributed by atoms with van der Waals surface area (Å²) in [5.74, 6) is -0.0426. The predicted molar refractivity (Wildman–Crippen MR) is 92.4 cm³/mol. The molecule has 2 amide bonds. The summed E-state index contributed by atoms with van der Waals surface area (Å²) in [6, 6.07) is 9.28. The average molecular weight is 400 g/mol. The Balaban J connectivity index is 1.82. The summed E-state index contributed by atoms with van der Waals surface area (Å²) in [4.78, 5) is 15.4. The van der Waals surface area contributed by atoms with Gasteiger partial charge in [-0.25, -0.2) is 4.79 Å². The van der Waals surface area contributed by atoms with Gasteiger partial charge in [0.2, 0.25) is 0 Å². The third-order valence-electron chi connectivity index (χ3n) is 4.55. The first-order valence-electron chi connectivity index (χ1n) is 8.44. The zero-order valence-electron chi connectivity index (χ0n) is 14.8. The molecule has 3 rings (SSSR count). The lowest BCUT2D eigenvalue weighted by Gasteiger charge is -2.22. The molecule has 0 aromatic heterocycles. The van der Waals surface area contributed by atoms with E-state index in [9.17, 15) is 26.7 Å². The lowest BCUT2D eigenvalue weighted by molar-refractivity contribution is -0.138. The van der Waals surface area contributed by atoms with Crippen LogP contribution in [0.2, 0.25) is 0 Å². The van der Waals surface area contributed by atoms with Crippen LogP contribution in [-0.4, -0.2) is 30.6 Å². The van der Waals surface area contributed by atoms with Crippen molar-refractivity contribution in [1.82, 2.24) is 4.90 Å². The van der Waals surface area contributed by atoms with Gasteiger partial charge in [0.1, 0.15) is 5.75 Å². The predicted octanol–water partition coefficient (Wildman–Crippen LogP) is 5.06. The molecule has 1 aliphatic heterocycles. The molecule has 2 aromatic carbocycles.